The number of ether oxygens (including phenoxy) is 1. The summed E-state index contributed by atoms with van der Waals surface area (Å²) in [5, 5.41) is 4.71. The highest BCUT2D eigenvalue weighted by Crippen LogP contribution is 2.45. The number of fused-ring (bicyclic) bond motifs is 3. The quantitative estimate of drug-likeness (QED) is 0.368. The van der Waals surface area contributed by atoms with Gasteiger partial charge in [-0.3, -0.25) is 0 Å². The van der Waals surface area contributed by atoms with Gasteiger partial charge in [-0.1, -0.05) is 51.1 Å². The Morgan fingerprint density at radius 1 is 1.00 bits per heavy atom. The summed E-state index contributed by atoms with van der Waals surface area (Å²) in [5.41, 5.74) is 2.65. The van der Waals surface area contributed by atoms with E-state index in [9.17, 15) is 0 Å². The van der Waals surface area contributed by atoms with Gasteiger partial charge in [0, 0.05) is 4.88 Å². The van der Waals surface area contributed by atoms with E-state index in [1.165, 1.54) is 22.2 Å². The van der Waals surface area contributed by atoms with Gasteiger partial charge in [0.05, 0.1) is 11.1 Å². The first kappa shape index (κ1) is 20.0. The Balaban J connectivity index is 1.50. The summed E-state index contributed by atoms with van der Waals surface area (Å²) in [5.74, 6) is 3.15. The van der Waals surface area contributed by atoms with E-state index in [0.29, 0.717) is 11.3 Å². The van der Waals surface area contributed by atoms with Crippen molar-refractivity contribution in [1.29, 1.82) is 0 Å². The summed E-state index contributed by atoms with van der Waals surface area (Å²) in [6.45, 7) is 7.06. The van der Waals surface area contributed by atoms with Gasteiger partial charge in [0.25, 0.3) is 0 Å². The summed E-state index contributed by atoms with van der Waals surface area (Å²) < 4.78 is 6.14. The number of hydrogen-bond acceptors (Lipinski definition) is 5. The highest BCUT2D eigenvalue weighted by atomic mass is 32.1. The van der Waals surface area contributed by atoms with Crippen LogP contribution in [-0.4, -0.2) is 9.97 Å². The number of thiophene rings is 1. The zero-order valence-corrected chi connectivity index (χ0v) is 19.0. The zero-order valence-electron chi connectivity index (χ0n) is 18.2. The molecule has 158 valence electrons. The van der Waals surface area contributed by atoms with Gasteiger partial charge in [-0.2, -0.15) is 0 Å². The van der Waals surface area contributed by atoms with Crippen LogP contribution in [0.25, 0.3) is 10.2 Å². The number of nitrogens with one attached hydrogen (secondary N) is 1. The first-order valence-electron chi connectivity index (χ1n) is 10.8. The summed E-state index contributed by atoms with van der Waals surface area (Å²) in [4.78, 5) is 11.8. The molecule has 2 heterocycles. The molecule has 4 nitrogen and oxygen atoms in total. The van der Waals surface area contributed by atoms with Crippen LogP contribution in [0.2, 0.25) is 0 Å². The molecule has 0 saturated carbocycles. The van der Waals surface area contributed by atoms with Gasteiger partial charge in [-0.25, -0.2) is 9.97 Å². The Kier molecular flexibility index (Phi) is 5.14. The number of benzene rings is 2. The summed E-state index contributed by atoms with van der Waals surface area (Å²) in [6, 6.07) is 17.8. The van der Waals surface area contributed by atoms with Crippen LogP contribution >= 0.6 is 11.3 Å². The highest BCUT2D eigenvalue weighted by Gasteiger charge is 2.31. The van der Waals surface area contributed by atoms with E-state index in [4.69, 9.17) is 4.74 Å². The molecule has 1 N–H and O–H groups in total. The minimum Gasteiger partial charge on any atom is -0.455 e. The zero-order chi connectivity index (χ0) is 21.4. The molecule has 0 amide bonds. The Morgan fingerprint density at radius 3 is 2.58 bits per heavy atom. The minimum absolute atomic E-state index is 0.328. The average Bonchev–Trinajstić information content (AvgIpc) is 3.14. The molecule has 31 heavy (non-hydrogen) atoms. The van der Waals surface area contributed by atoms with Gasteiger partial charge in [0.2, 0.25) is 0 Å². The number of hydrogen-bond donors (Lipinski definition) is 1. The fourth-order valence-corrected chi connectivity index (χ4v) is 5.61. The summed E-state index contributed by atoms with van der Waals surface area (Å²) in [6.07, 6.45) is 5.09. The molecule has 5 rings (SSSR count). The van der Waals surface area contributed by atoms with E-state index >= 15 is 0 Å². The predicted octanol–water partition coefficient (Wildman–Crippen LogP) is 7.38. The van der Waals surface area contributed by atoms with Crippen molar-refractivity contribution in [3.05, 3.63) is 71.4 Å². The standard InChI is InChI=1S/C26H27N3OS/c1-26(2,3)17-13-14-19-22(15-17)31-25-23(19)24(27-16-28-25)29-20-11-7-8-12-21(20)30-18-9-5-4-6-10-18/h4-12,16-17H,13-15H2,1-3H3,(H,27,28,29). The average molecular weight is 430 g/mol. The second-order valence-electron chi connectivity index (χ2n) is 9.25. The number of nitrogens with zero attached hydrogens (tertiary/aromatic N) is 2. The van der Waals surface area contributed by atoms with Crippen molar-refractivity contribution in [2.75, 3.05) is 5.32 Å². The molecule has 0 spiro atoms. The molecule has 0 bridgehead atoms. The van der Waals surface area contributed by atoms with Crippen molar-refractivity contribution in [1.82, 2.24) is 9.97 Å². The van der Waals surface area contributed by atoms with Gasteiger partial charge in [0.15, 0.2) is 5.75 Å². The topological polar surface area (TPSA) is 47.0 Å². The molecule has 1 unspecified atom stereocenters. The Labute approximate surface area is 187 Å². The van der Waals surface area contributed by atoms with Crippen molar-refractivity contribution in [2.45, 2.75) is 40.0 Å². The van der Waals surface area contributed by atoms with Crippen molar-refractivity contribution in [3.8, 4) is 11.5 Å². The number of aromatic nitrogens is 2. The van der Waals surface area contributed by atoms with Gasteiger partial charge in [-0.05, 0) is 60.4 Å². The monoisotopic (exact) mass is 429 g/mol. The second kappa shape index (κ2) is 7.97. The molecule has 0 saturated heterocycles. The van der Waals surface area contributed by atoms with Crippen LogP contribution < -0.4 is 10.1 Å². The van der Waals surface area contributed by atoms with Crippen LogP contribution in [0.3, 0.4) is 0 Å². The minimum atomic E-state index is 0.328. The first-order chi connectivity index (χ1) is 15.0. The summed E-state index contributed by atoms with van der Waals surface area (Å²) in [7, 11) is 0. The van der Waals surface area contributed by atoms with Crippen molar-refractivity contribution < 1.29 is 4.74 Å². The number of anilines is 2. The molecule has 1 aliphatic rings. The fourth-order valence-electron chi connectivity index (χ4n) is 4.35. The van der Waals surface area contributed by atoms with Gasteiger partial charge in [-0.15, -0.1) is 11.3 Å². The highest BCUT2D eigenvalue weighted by molar-refractivity contribution is 7.19. The lowest BCUT2D eigenvalue weighted by Crippen LogP contribution is -2.26. The molecular formula is C26H27N3OS. The largest absolute Gasteiger partial charge is 0.455 e. The van der Waals surface area contributed by atoms with Crippen LogP contribution in [0.5, 0.6) is 11.5 Å². The third-order valence-electron chi connectivity index (χ3n) is 6.18. The third kappa shape index (κ3) is 4.02. The maximum atomic E-state index is 6.14. The maximum Gasteiger partial charge on any atom is 0.150 e. The third-order valence-corrected chi connectivity index (χ3v) is 7.34. The number of rotatable bonds is 4. The Hall–Kier alpha value is -2.92. The molecular weight excluding hydrogens is 402 g/mol. The maximum absolute atomic E-state index is 6.14. The second-order valence-corrected chi connectivity index (χ2v) is 10.3. The number of aryl methyl sites for hydroxylation is 1. The molecule has 0 radical (unpaired) electrons. The van der Waals surface area contributed by atoms with Crippen LogP contribution in [0, 0.1) is 11.3 Å². The van der Waals surface area contributed by atoms with E-state index in [-0.39, 0.29) is 0 Å². The van der Waals surface area contributed by atoms with Crippen LogP contribution in [0.4, 0.5) is 11.5 Å². The Bertz CT molecular complexity index is 1210. The fraction of sp³-hybridized carbons (Fsp3) is 0.308. The lowest BCUT2D eigenvalue weighted by Gasteiger charge is -2.33. The Morgan fingerprint density at radius 2 is 1.77 bits per heavy atom. The van der Waals surface area contributed by atoms with Crippen LogP contribution in [0.1, 0.15) is 37.6 Å². The molecule has 1 atom stereocenters. The predicted molar refractivity (Wildman–Crippen MR) is 129 cm³/mol. The van der Waals surface area contributed by atoms with Crippen LogP contribution in [0.15, 0.2) is 60.9 Å². The van der Waals surface area contributed by atoms with Gasteiger partial charge >= 0.3 is 0 Å². The van der Waals surface area contributed by atoms with Crippen molar-refractivity contribution in [2.24, 2.45) is 11.3 Å². The smallest absolute Gasteiger partial charge is 0.150 e. The number of para-hydroxylation sites is 3. The van der Waals surface area contributed by atoms with Gasteiger partial charge < -0.3 is 10.1 Å². The normalized spacial score (nSPS) is 16.2. The molecule has 2 aromatic heterocycles. The SMILES string of the molecule is CC(C)(C)C1CCc2c(sc3ncnc(Nc4ccccc4Oc4ccccc4)c23)C1. The molecule has 1 aliphatic carbocycles. The molecule has 2 aromatic carbocycles. The van der Waals surface area contributed by atoms with E-state index in [2.05, 4.69) is 36.1 Å². The van der Waals surface area contributed by atoms with E-state index in [0.717, 1.165) is 40.7 Å². The van der Waals surface area contributed by atoms with Crippen LogP contribution in [-0.2, 0) is 12.8 Å². The lowest BCUT2D eigenvalue weighted by atomic mass is 9.72. The first-order valence-corrected chi connectivity index (χ1v) is 11.6. The van der Waals surface area contributed by atoms with Crippen molar-refractivity contribution in [3.63, 3.8) is 0 Å². The van der Waals surface area contributed by atoms with E-state index < -0.39 is 0 Å². The molecule has 0 aliphatic heterocycles. The molecule has 5 heteroatoms. The lowest BCUT2D eigenvalue weighted by molar-refractivity contribution is 0.218. The summed E-state index contributed by atoms with van der Waals surface area (Å²) >= 11 is 1.83. The molecule has 4 aromatic rings. The van der Waals surface area contributed by atoms with Gasteiger partial charge in [0.1, 0.15) is 22.7 Å². The van der Waals surface area contributed by atoms with Crippen molar-refractivity contribution >= 4 is 33.1 Å². The van der Waals surface area contributed by atoms with E-state index in [1.807, 2.05) is 65.9 Å². The molecule has 0 fully saturated rings. The van der Waals surface area contributed by atoms with E-state index in [1.54, 1.807) is 6.33 Å².